The van der Waals surface area contributed by atoms with Crippen LogP contribution in [0.4, 0.5) is 0 Å². The van der Waals surface area contributed by atoms with Gasteiger partial charge in [-0.25, -0.2) is 0 Å². The van der Waals surface area contributed by atoms with Crippen molar-refractivity contribution in [1.82, 2.24) is 0 Å². The van der Waals surface area contributed by atoms with Crippen LogP contribution in [0.5, 0.6) is 11.5 Å². The Labute approximate surface area is 175 Å². The lowest BCUT2D eigenvalue weighted by Gasteiger charge is -2.10. The molecule has 3 rings (SSSR count). The maximum Gasteiger partial charge on any atom is 0.119 e. The first-order chi connectivity index (χ1) is 14.3. The fraction of sp³-hybridized carbons (Fsp3) is 0.407. The first-order valence-electron chi connectivity index (χ1n) is 11.2. The summed E-state index contributed by atoms with van der Waals surface area (Å²) in [6, 6.07) is 21.4. The van der Waals surface area contributed by atoms with Crippen LogP contribution in [0.15, 0.2) is 60.7 Å². The van der Waals surface area contributed by atoms with Gasteiger partial charge < -0.3 is 9.47 Å². The molecule has 0 heterocycles. The van der Waals surface area contributed by atoms with Gasteiger partial charge in [0.15, 0.2) is 0 Å². The van der Waals surface area contributed by atoms with Crippen molar-refractivity contribution in [1.29, 1.82) is 0 Å². The van der Waals surface area contributed by atoms with E-state index >= 15 is 0 Å². The van der Waals surface area contributed by atoms with Gasteiger partial charge in [0.25, 0.3) is 0 Å². The van der Waals surface area contributed by atoms with E-state index in [0.717, 1.165) is 37.6 Å². The van der Waals surface area contributed by atoms with Crippen LogP contribution in [0.2, 0.25) is 0 Å². The second kappa shape index (κ2) is 11.5. The Morgan fingerprint density at radius 3 is 1.83 bits per heavy atom. The Kier molecular flexibility index (Phi) is 8.42. The highest BCUT2D eigenvalue weighted by molar-refractivity contribution is 5.88. The third kappa shape index (κ3) is 6.52. The summed E-state index contributed by atoms with van der Waals surface area (Å²) in [5, 5.41) is 2.46. The molecule has 0 bridgehead atoms. The molecule has 154 valence electrons. The zero-order chi connectivity index (χ0) is 20.3. The van der Waals surface area contributed by atoms with Crippen LogP contribution in [-0.2, 0) is 0 Å². The van der Waals surface area contributed by atoms with Crippen molar-refractivity contribution in [2.75, 3.05) is 13.2 Å². The molecule has 3 aromatic rings. The molecule has 0 aliphatic heterocycles. The van der Waals surface area contributed by atoms with E-state index in [0.29, 0.717) is 0 Å². The molecule has 0 atom stereocenters. The normalized spacial score (nSPS) is 11.0. The second-order valence-corrected chi connectivity index (χ2v) is 7.71. The molecule has 2 heteroatoms. The lowest BCUT2D eigenvalue weighted by atomic mass is 10.0. The fourth-order valence-electron chi connectivity index (χ4n) is 3.50. The van der Waals surface area contributed by atoms with Gasteiger partial charge in [0.05, 0.1) is 13.2 Å². The summed E-state index contributed by atoms with van der Waals surface area (Å²) in [5.41, 5.74) is 2.44. The molecule has 0 spiro atoms. The molecular weight excluding hydrogens is 356 g/mol. The molecule has 2 nitrogen and oxygen atoms in total. The van der Waals surface area contributed by atoms with Crippen molar-refractivity contribution in [2.24, 2.45) is 0 Å². The molecule has 0 unspecified atom stereocenters. The van der Waals surface area contributed by atoms with Gasteiger partial charge in [0.1, 0.15) is 11.5 Å². The Morgan fingerprint density at radius 1 is 0.517 bits per heavy atom. The van der Waals surface area contributed by atoms with E-state index in [4.69, 9.17) is 9.47 Å². The summed E-state index contributed by atoms with van der Waals surface area (Å²) < 4.78 is 11.7. The topological polar surface area (TPSA) is 18.5 Å². The highest BCUT2D eigenvalue weighted by Gasteiger charge is 2.03. The Morgan fingerprint density at radius 2 is 1.07 bits per heavy atom. The predicted molar refractivity (Wildman–Crippen MR) is 124 cm³/mol. The molecule has 0 radical (unpaired) electrons. The SMILES string of the molecule is CCCCCCOc1ccc2cc(-c3ccc(OCCCCC)cc3)ccc2c1. The van der Waals surface area contributed by atoms with E-state index in [-0.39, 0.29) is 0 Å². The van der Waals surface area contributed by atoms with Crippen LogP contribution in [0, 0.1) is 0 Å². The largest absolute Gasteiger partial charge is 0.494 e. The van der Waals surface area contributed by atoms with Gasteiger partial charge in [-0.1, -0.05) is 76.3 Å². The Balaban J connectivity index is 1.61. The van der Waals surface area contributed by atoms with E-state index < -0.39 is 0 Å². The molecule has 0 aliphatic rings. The quantitative estimate of drug-likeness (QED) is 0.291. The number of unbranched alkanes of at least 4 members (excludes halogenated alkanes) is 5. The Bertz CT molecular complexity index is 867. The smallest absolute Gasteiger partial charge is 0.119 e. The van der Waals surface area contributed by atoms with Gasteiger partial charge in [-0.3, -0.25) is 0 Å². The molecule has 0 saturated carbocycles. The molecule has 0 fully saturated rings. The van der Waals surface area contributed by atoms with Crippen molar-refractivity contribution in [3.05, 3.63) is 60.7 Å². The summed E-state index contributed by atoms with van der Waals surface area (Å²) in [7, 11) is 0. The van der Waals surface area contributed by atoms with Gasteiger partial charge in [-0.05, 0) is 65.1 Å². The van der Waals surface area contributed by atoms with Crippen molar-refractivity contribution < 1.29 is 9.47 Å². The summed E-state index contributed by atoms with van der Waals surface area (Å²) in [4.78, 5) is 0. The molecular formula is C27H34O2. The van der Waals surface area contributed by atoms with Crippen LogP contribution in [0.1, 0.15) is 58.8 Å². The van der Waals surface area contributed by atoms with Gasteiger partial charge >= 0.3 is 0 Å². The van der Waals surface area contributed by atoms with Crippen LogP contribution < -0.4 is 9.47 Å². The average molecular weight is 391 g/mol. The number of hydrogen-bond donors (Lipinski definition) is 0. The van der Waals surface area contributed by atoms with E-state index in [9.17, 15) is 0 Å². The number of benzene rings is 3. The zero-order valence-electron chi connectivity index (χ0n) is 18.0. The molecule has 0 amide bonds. The lowest BCUT2D eigenvalue weighted by Crippen LogP contribution is -1.97. The van der Waals surface area contributed by atoms with Crippen molar-refractivity contribution in [3.8, 4) is 22.6 Å². The molecule has 0 N–H and O–H groups in total. The van der Waals surface area contributed by atoms with Crippen molar-refractivity contribution in [2.45, 2.75) is 58.8 Å². The van der Waals surface area contributed by atoms with E-state index in [1.165, 1.54) is 54.0 Å². The number of hydrogen-bond acceptors (Lipinski definition) is 2. The summed E-state index contributed by atoms with van der Waals surface area (Å²) in [5.74, 6) is 1.91. The first kappa shape index (κ1) is 21.2. The Hall–Kier alpha value is -2.48. The standard InChI is InChI=1S/C27H34O2/c1-3-5-7-9-19-29-27-17-14-24-20-23(10-11-25(24)21-27)22-12-15-26(16-13-22)28-18-8-6-4-2/h10-17,20-21H,3-9,18-19H2,1-2H3. The first-order valence-corrected chi connectivity index (χ1v) is 11.2. The highest BCUT2D eigenvalue weighted by atomic mass is 16.5. The molecule has 0 aromatic heterocycles. The average Bonchev–Trinajstić information content (AvgIpc) is 2.76. The van der Waals surface area contributed by atoms with Crippen LogP contribution in [0.25, 0.3) is 21.9 Å². The second-order valence-electron chi connectivity index (χ2n) is 7.71. The van der Waals surface area contributed by atoms with Crippen molar-refractivity contribution in [3.63, 3.8) is 0 Å². The van der Waals surface area contributed by atoms with Crippen LogP contribution >= 0.6 is 0 Å². The summed E-state index contributed by atoms with van der Waals surface area (Å²) >= 11 is 0. The third-order valence-corrected chi connectivity index (χ3v) is 5.28. The maximum atomic E-state index is 5.92. The van der Waals surface area contributed by atoms with Gasteiger partial charge in [-0.2, -0.15) is 0 Å². The van der Waals surface area contributed by atoms with E-state index in [1.807, 2.05) is 0 Å². The highest BCUT2D eigenvalue weighted by Crippen LogP contribution is 2.28. The molecule has 0 aliphatic carbocycles. The minimum atomic E-state index is 0.798. The maximum absolute atomic E-state index is 5.92. The molecule has 3 aromatic carbocycles. The number of rotatable bonds is 12. The third-order valence-electron chi connectivity index (χ3n) is 5.28. The lowest BCUT2D eigenvalue weighted by molar-refractivity contribution is 0.305. The summed E-state index contributed by atoms with van der Waals surface area (Å²) in [6.07, 6.45) is 8.48. The van der Waals surface area contributed by atoms with Crippen LogP contribution in [0.3, 0.4) is 0 Å². The zero-order valence-corrected chi connectivity index (χ0v) is 18.0. The minimum absolute atomic E-state index is 0.798. The molecule has 0 saturated heterocycles. The van der Waals surface area contributed by atoms with Gasteiger partial charge in [-0.15, -0.1) is 0 Å². The van der Waals surface area contributed by atoms with Crippen LogP contribution in [-0.4, -0.2) is 13.2 Å². The number of fused-ring (bicyclic) bond motifs is 1. The van der Waals surface area contributed by atoms with Gasteiger partial charge in [0, 0.05) is 0 Å². The molecule has 29 heavy (non-hydrogen) atoms. The van der Waals surface area contributed by atoms with Gasteiger partial charge in [0.2, 0.25) is 0 Å². The fourth-order valence-corrected chi connectivity index (χ4v) is 3.50. The summed E-state index contributed by atoms with van der Waals surface area (Å²) in [6.45, 7) is 6.04. The monoisotopic (exact) mass is 390 g/mol. The predicted octanol–water partition coefficient (Wildman–Crippen LogP) is 8.03. The minimum Gasteiger partial charge on any atom is -0.494 e. The number of ether oxygens (including phenoxy) is 2. The van der Waals surface area contributed by atoms with E-state index in [1.54, 1.807) is 0 Å². The van der Waals surface area contributed by atoms with Crippen molar-refractivity contribution >= 4 is 10.8 Å². The van der Waals surface area contributed by atoms with E-state index in [2.05, 4.69) is 74.5 Å².